The molecule has 32 heavy (non-hydrogen) atoms. The van der Waals surface area contributed by atoms with E-state index in [4.69, 9.17) is 10.5 Å². The van der Waals surface area contributed by atoms with Crippen molar-refractivity contribution < 1.29 is 9.53 Å². The monoisotopic (exact) mass is 447 g/mol. The highest BCUT2D eigenvalue weighted by molar-refractivity contribution is 5.93. The van der Waals surface area contributed by atoms with E-state index in [0.717, 1.165) is 38.5 Å². The van der Waals surface area contributed by atoms with E-state index in [2.05, 4.69) is 15.4 Å². The lowest BCUT2D eigenvalue weighted by Crippen LogP contribution is -2.43. The lowest BCUT2D eigenvalue weighted by Gasteiger charge is -2.25. The van der Waals surface area contributed by atoms with Gasteiger partial charge in [0.15, 0.2) is 0 Å². The van der Waals surface area contributed by atoms with E-state index in [-0.39, 0.29) is 43.2 Å². The van der Waals surface area contributed by atoms with Crippen LogP contribution in [0.3, 0.4) is 0 Å². The Morgan fingerprint density at radius 1 is 1.38 bits per heavy atom. The molecule has 0 spiro atoms. The van der Waals surface area contributed by atoms with Gasteiger partial charge in [0, 0.05) is 26.3 Å². The minimum Gasteiger partial charge on any atom is -0.383 e. The second-order valence-corrected chi connectivity index (χ2v) is 8.06. The first-order valence-electron chi connectivity index (χ1n) is 11.2. The van der Waals surface area contributed by atoms with Crippen LogP contribution in [0.2, 0.25) is 0 Å². The molecule has 2 aromatic rings. The van der Waals surface area contributed by atoms with E-state index in [9.17, 15) is 14.4 Å². The van der Waals surface area contributed by atoms with E-state index < -0.39 is 11.2 Å². The molecule has 1 amide bonds. The van der Waals surface area contributed by atoms with Gasteiger partial charge in [0.05, 0.1) is 25.4 Å². The number of nitrogens with two attached hydrogens (primary N) is 1. The molecular weight excluding hydrogens is 414 g/mol. The predicted octanol–water partition coefficient (Wildman–Crippen LogP) is 1.32. The maximum atomic E-state index is 12.9. The van der Waals surface area contributed by atoms with Gasteiger partial charge in [0.25, 0.3) is 5.56 Å². The lowest BCUT2D eigenvalue weighted by molar-refractivity contribution is -0.115. The van der Waals surface area contributed by atoms with Gasteiger partial charge >= 0.3 is 5.69 Å². The van der Waals surface area contributed by atoms with Crippen LogP contribution in [0.4, 0.5) is 17.3 Å². The Kier molecular flexibility index (Phi) is 8.09. The number of nitrogen functional groups attached to an aromatic ring is 1. The zero-order valence-electron chi connectivity index (χ0n) is 18.8. The number of hydrogen-bond acceptors (Lipinski definition) is 7. The number of aromatic nitrogens is 4. The minimum atomic E-state index is -0.625. The summed E-state index contributed by atoms with van der Waals surface area (Å²) in [6.07, 6.45) is 7.65. The summed E-state index contributed by atoms with van der Waals surface area (Å²) in [7, 11) is 1.54. The number of amides is 1. The smallest absolute Gasteiger partial charge is 0.330 e. The SMILES string of the molecule is CCCCn1c(N)c(N(CCOC)CC(=O)Nc2ccnn2C2CCCC2)c(=O)[nH]c1=O. The molecule has 0 atom stereocenters. The van der Waals surface area contributed by atoms with Crippen molar-refractivity contribution in [3.8, 4) is 0 Å². The first kappa shape index (κ1) is 23.6. The van der Waals surface area contributed by atoms with Crippen molar-refractivity contribution in [3.63, 3.8) is 0 Å². The molecule has 0 radical (unpaired) electrons. The number of methoxy groups -OCH3 is 1. The number of H-pyrrole nitrogens is 1. The molecule has 1 aliphatic rings. The van der Waals surface area contributed by atoms with Crippen molar-refractivity contribution in [2.24, 2.45) is 0 Å². The summed E-state index contributed by atoms with van der Waals surface area (Å²) in [5.41, 5.74) is 5.15. The van der Waals surface area contributed by atoms with Crippen molar-refractivity contribution in [1.82, 2.24) is 19.3 Å². The largest absolute Gasteiger partial charge is 0.383 e. The molecule has 2 heterocycles. The summed E-state index contributed by atoms with van der Waals surface area (Å²) in [6, 6.07) is 2.05. The van der Waals surface area contributed by atoms with Crippen LogP contribution in [0, 0.1) is 0 Å². The van der Waals surface area contributed by atoms with Crippen molar-refractivity contribution in [3.05, 3.63) is 33.1 Å². The Labute approximate surface area is 186 Å². The topological polar surface area (TPSA) is 140 Å². The van der Waals surface area contributed by atoms with E-state index in [1.807, 2.05) is 11.6 Å². The molecule has 11 nitrogen and oxygen atoms in total. The zero-order chi connectivity index (χ0) is 23.1. The van der Waals surface area contributed by atoms with Crippen molar-refractivity contribution >= 4 is 23.2 Å². The second-order valence-electron chi connectivity index (χ2n) is 8.06. The Morgan fingerprint density at radius 2 is 2.12 bits per heavy atom. The van der Waals surface area contributed by atoms with Gasteiger partial charge in [-0.2, -0.15) is 5.10 Å². The predicted molar refractivity (Wildman–Crippen MR) is 123 cm³/mol. The second kappa shape index (κ2) is 11.0. The summed E-state index contributed by atoms with van der Waals surface area (Å²) in [4.78, 5) is 41.7. The first-order chi connectivity index (χ1) is 15.5. The molecular formula is C21H33N7O4. The molecule has 11 heteroatoms. The maximum absolute atomic E-state index is 12.9. The quantitative estimate of drug-likeness (QED) is 0.472. The van der Waals surface area contributed by atoms with Crippen molar-refractivity contribution in [2.45, 2.75) is 58.0 Å². The number of carbonyl (C=O) groups excluding carboxylic acids is 1. The van der Waals surface area contributed by atoms with E-state index in [0.29, 0.717) is 12.4 Å². The van der Waals surface area contributed by atoms with Crippen LogP contribution in [-0.2, 0) is 16.1 Å². The average Bonchev–Trinajstić information content (AvgIpc) is 3.43. The van der Waals surface area contributed by atoms with Crippen molar-refractivity contribution in [2.75, 3.05) is 42.8 Å². The summed E-state index contributed by atoms with van der Waals surface area (Å²) >= 11 is 0. The molecule has 0 aromatic carbocycles. The van der Waals surface area contributed by atoms with E-state index in [1.165, 1.54) is 11.7 Å². The highest BCUT2D eigenvalue weighted by Crippen LogP contribution is 2.31. The van der Waals surface area contributed by atoms with Gasteiger partial charge in [-0.15, -0.1) is 0 Å². The van der Waals surface area contributed by atoms with Crippen LogP contribution < -0.4 is 27.2 Å². The van der Waals surface area contributed by atoms with Crippen LogP contribution in [0.1, 0.15) is 51.5 Å². The third kappa shape index (κ3) is 5.39. The van der Waals surface area contributed by atoms with Gasteiger partial charge in [-0.3, -0.25) is 19.1 Å². The normalized spacial score (nSPS) is 14.1. The van der Waals surface area contributed by atoms with Gasteiger partial charge < -0.3 is 20.7 Å². The number of rotatable bonds is 11. The van der Waals surface area contributed by atoms with Crippen LogP contribution in [0.15, 0.2) is 21.9 Å². The fourth-order valence-corrected chi connectivity index (χ4v) is 4.10. The molecule has 4 N–H and O–H groups in total. The molecule has 176 valence electrons. The van der Waals surface area contributed by atoms with Gasteiger partial charge in [-0.1, -0.05) is 26.2 Å². The molecule has 1 fully saturated rings. The highest BCUT2D eigenvalue weighted by atomic mass is 16.5. The summed E-state index contributed by atoms with van der Waals surface area (Å²) < 4.78 is 8.36. The van der Waals surface area contributed by atoms with E-state index >= 15 is 0 Å². The Bertz CT molecular complexity index is 1020. The minimum absolute atomic E-state index is 0.0482. The number of unbranched alkanes of at least 4 members (excludes halogenated alkanes) is 1. The van der Waals surface area contributed by atoms with Gasteiger partial charge in [0.2, 0.25) is 5.91 Å². The van der Waals surface area contributed by atoms with Crippen LogP contribution in [0.25, 0.3) is 0 Å². The number of hydrogen-bond donors (Lipinski definition) is 3. The standard InChI is InChI=1S/C21H33N7O4/c1-3-4-11-27-19(22)18(20(30)25-21(27)31)26(12-13-32-2)14-17(29)24-16-9-10-23-28(16)15-7-5-6-8-15/h9-10,15H,3-8,11-14,22H2,1-2H3,(H,24,29)(H,25,30,31). The van der Waals surface area contributed by atoms with Crippen molar-refractivity contribution in [1.29, 1.82) is 0 Å². The van der Waals surface area contributed by atoms with Crippen LogP contribution in [-0.4, -0.2) is 52.0 Å². The van der Waals surface area contributed by atoms with Gasteiger partial charge in [-0.05, 0) is 19.3 Å². The molecule has 3 rings (SSSR count). The number of nitrogens with one attached hydrogen (secondary N) is 2. The highest BCUT2D eigenvalue weighted by Gasteiger charge is 2.23. The number of nitrogens with zero attached hydrogens (tertiary/aromatic N) is 4. The lowest BCUT2D eigenvalue weighted by atomic mass is 10.2. The number of anilines is 3. The third-order valence-electron chi connectivity index (χ3n) is 5.77. The molecule has 1 saturated carbocycles. The Hall–Kier alpha value is -3.08. The molecule has 0 bridgehead atoms. The summed E-state index contributed by atoms with van der Waals surface area (Å²) in [6.45, 7) is 2.79. The fraction of sp³-hybridized carbons (Fsp3) is 0.619. The Balaban J connectivity index is 1.83. The van der Waals surface area contributed by atoms with Crippen LogP contribution >= 0.6 is 0 Å². The molecule has 2 aromatic heterocycles. The molecule has 0 aliphatic heterocycles. The zero-order valence-corrected chi connectivity index (χ0v) is 18.8. The fourth-order valence-electron chi connectivity index (χ4n) is 4.10. The van der Waals surface area contributed by atoms with Gasteiger partial charge in [0.1, 0.15) is 17.3 Å². The Morgan fingerprint density at radius 3 is 2.81 bits per heavy atom. The number of aromatic amines is 1. The summed E-state index contributed by atoms with van der Waals surface area (Å²) in [5.74, 6) is 0.362. The average molecular weight is 448 g/mol. The summed E-state index contributed by atoms with van der Waals surface area (Å²) in [5, 5.41) is 7.27. The van der Waals surface area contributed by atoms with Gasteiger partial charge in [-0.25, -0.2) is 9.48 Å². The van der Waals surface area contributed by atoms with Crippen LogP contribution in [0.5, 0.6) is 0 Å². The number of carbonyl (C=O) groups is 1. The molecule has 1 aliphatic carbocycles. The van der Waals surface area contributed by atoms with E-state index in [1.54, 1.807) is 17.2 Å². The first-order valence-corrected chi connectivity index (χ1v) is 11.2. The molecule has 0 unspecified atom stereocenters. The molecule has 0 saturated heterocycles. The maximum Gasteiger partial charge on any atom is 0.330 e. The number of ether oxygens (including phenoxy) is 1. The third-order valence-corrected chi connectivity index (χ3v) is 5.77.